The number of hydrogen-bond donors (Lipinski definition) is 4. The zero-order chi connectivity index (χ0) is 30.6. The zero-order valence-corrected chi connectivity index (χ0v) is 25.1. The van der Waals surface area contributed by atoms with Crippen LogP contribution in [-0.4, -0.2) is 55.0 Å². The predicted octanol–water partition coefficient (Wildman–Crippen LogP) is 3.96. The van der Waals surface area contributed by atoms with Crippen LogP contribution in [0.15, 0.2) is 91.0 Å². The quantitative estimate of drug-likeness (QED) is 0.358. The lowest BCUT2D eigenvalue weighted by Gasteiger charge is -2.33. The lowest BCUT2D eigenvalue weighted by atomic mass is 9.93. The van der Waals surface area contributed by atoms with E-state index in [-0.39, 0.29) is 17.7 Å². The summed E-state index contributed by atoms with van der Waals surface area (Å²) in [6.45, 7) is 1.11. The molecule has 0 aromatic heterocycles. The Bertz CT molecular complexity index is 1420. The fourth-order valence-electron chi connectivity index (χ4n) is 5.96. The average Bonchev–Trinajstić information content (AvgIpc) is 3.53. The number of aryl methyl sites for hydroxylation is 1. The van der Waals surface area contributed by atoms with Gasteiger partial charge in [-0.15, -0.1) is 0 Å². The molecule has 5 rings (SSSR count). The molecule has 44 heavy (non-hydrogen) atoms. The number of amides is 3. The second-order valence-corrected chi connectivity index (χ2v) is 11.6. The van der Waals surface area contributed by atoms with Gasteiger partial charge in [-0.05, 0) is 42.9 Å². The molecule has 0 radical (unpaired) electrons. The molecular formula is C36H42N4O4. The Morgan fingerprint density at radius 1 is 0.773 bits per heavy atom. The summed E-state index contributed by atoms with van der Waals surface area (Å²) in [5.74, 6) is -0.0801. The maximum Gasteiger partial charge on any atom is 0.246 e. The summed E-state index contributed by atoms with van der Waals surface area (Å²) < 4.78 is 6.10. The maximum atomic E-state index is 14.0. The maximum absolute atomic E-state index is 14.0. The second kappa shape index (κ2) is 15.3. The zero-order valence-electron chi connectivity index (χ0n) is 25.1. The van der Waals surface area contributed by atoms with E-state index in [2.05, 4.69) is 33.4 Å². The van der Waals surface area contributed by atoms with E-state index >= 15 is 0 Å². The minimum atomic E-state index is -1.07. The van der Waals surface area contributed by atoms with Crippen molar-refractivity contribution in [2.45, 2.75) is 62.6 Å². The van der Waals surface area contributed by atoms with Crippen LogP contribution in [0.1, 0.15) is 48.8 Å². The van der Waals surface area contributed by atoms with Gasteiger partial charge >= 0.3 is 0 Å². The minimum absolute atomic E-state index is 0.216. The van der Waals surface area contributed by atoms with Crippen LogP contribution in [0.2, 0.25) is 0 Å². The van der Waals surface area contributed by atoms with Gasteiger partial charge in [-0.25, -0.2) is 0 Å². The third-order valence-electron chi connectivity index (χ3n) is 8.40. The lowest BCUT2D eigenvalue weighted by Crippen LogP contribution is -2.63. The van der Waals surface area contributed by atoms with Crippen molar-refractivity contribution in [1.82, 2.24) is 21.3 Å². The first-order valence-electron chi connectivity index (χ1n) is 15.6. The van der Waals surface area contributed by atoms with Crippen molar-refractivity contribution in [3.63, 3.8) is 0 Å². The highest BCUT2D eigenvalue weighted by Gasteiger charge is 2.44. The number of rotatable bonds is 5. The Morgan fingerprint density at radius 3 is 2.20 bits per heavy atom. The molecule has 1 fully saturated rings. The van der Waals surface area contributed by atoms with E-state index in [4.69, 9.17) is 4.74 Å². The van der Waals surface area contributed by atoms with Gasteiger partial charge in [0.15, 0.2) is 0 Å². The summed E-state index contributed by atoms with van der Waals surface area (Å²) in [6.07, 6.45) is 8.10. The largest absolute Gasteiger partial charge is 0.492 e. The van der Waals surface area contributed by atoms with Crippen LogP contribution in [-0.2, 0) is 27.2 Å². The fraction of sp³-hybridized carbons (Fsp3) is 0.361. The third-order valence-corrected chi connectivity index (χ3v) is 8.40. The van der Waals surface area contributed by atoms with Crippen molar-refractivity contribution < 1.29 is 19.1 Å². The van der Waals surface area contributed by atoms with E-state index in [1.165, 1.54) is 0 Å². The van der Waals surface area contributed by atoms with E-state index in [0.717, 1.165) is 35.3 Å². The number of benzene rings is 3. The molecule has 8 heteroatoms. The molecule has 4 N–H and O–H groups in total. The van der Waals surface area contributed by atoms with Crippen molar-refractivity contribution >= 4 is 23.8 Å². The molecule has 1 spiro atoms. The summed E-state index contributed by atoms with van der Waals surface area (Å²) in [5.41, 5.74) is 1.89. The summed E-state index contributed by atoms with van der Waals surface area (Å²) in [6, 6.07) is 26.1. The Morgan fingerprint density at radius 2 is 1.45 bits per heavy atom. The molecule has 1 aliphatic heterocycles. The number of nitrogens with one attached hydrogen (secondary N) is 4. The Kier molecular flexibility index (Phi) is 10.8. The van der Waals surface area contributed by atoms with Crippen LogP contribution in [0.3, 0.4) is 0 Å². The summed E-state index contributed by atoms with van der Waals surface area (Å²) in [4.78, 5) is 41.3. The highest BCUT2D eigenvalue weighted by molar-refractivity contribution is 5.96. The van der Waals surface area contributed by atoms with Crippen molar-refractivity contribution in [3.8, 4) is 5.75 Å². The number of carbonyl (C=O) groups is 3. The molecule has 3 aromatic carbocycles. The summed E-state index contributed by atoms with van der Waals surface area (Å²) >= 11 is 0. The topological polar surface area (TPSA) is 109 Å². The Balaban J connectivity index is 1.41. The number of hydrogen-bond acceptors (Lipinski definition) is 5. The Hall–Kier alpha value is -4.43. The van der Waals surface area contributed by atoms with Crippen molar-refractivity contribution in [2.75, 3.05) is 19.7 Å². The minimum Gasteiger partial charge on any atom is -0.492 e. The van der Waals surface area contributed by atoms with Crippen LogP contribution < -0.4 is 26.0 Å². The summed E-state index contributed by atoms with van der Waals surface area (Å²) in [7, 11) is 0. The molecule has 8 nitrogen and oxygen atoms in total. The smallest absolute Gasteiger partial charge is 0.246 e. The molecule has 1 heterocycles. The first kappa shape index (κ1) is 31.0. The van der Waals surface area contributed by atoms with Gasteiger partial charge in [-0.3, -0.25) is 14.4 Å². The lowest BCUT2D eigenvalue weighted by molar-refractivity contribution is -0.136. The molecule has 2 aliphatic rings. The average molecular weight is 595 g/mol. The SMILES string of the molecule is O=C1NC2(CCCC2)C(=O)N[C@@H](Cc2ccccc2)C(=O)NC/C=C\c2ccccc2OCCN[C@H]1CCc1ccccc1. The van der Waals surface area contributed by atoms with Crippen molar-refractivity contribution in [2.24, 2.45) is 0 Å². The fourth-order valence-corrected chi connectivity index (χ4v) is 5.96. The molecular weight excluding hydrogens is 552 g/mol. The monoisotopic (exact) mass is 594 g/mol. The van der Waals surface area contributed by atoms with Gasteiger partial charge < -0.3 is 26.0 Å². The standard InChI is InChI=1S/C36H42N4O4/c41-33-31(26-28-14-5-2-6-15-28)39-35(43)36(21-9-10-22-36)40-34(42)30(20-19-27-12-3-1-4-13-27)37-24-25-44-32-18-8-7-16-29(32)17-11-23-38-33/h1-8,11-18,30-31,37H,9-10,19-26H2,(H,38,41)(H,39,43)(H,40,42)/b17-11-/t30-,31-/m0/s1. The normalized spacial score (nSPS) is 22.0. The van der Waals surface area contributed by atoms with Crippen LogP contribution >= 0.6 is 0 Å². The predicted molar refractivity (Wildman–Crippen MR) is 172 cm³/mol. The molecule has 1 aliphatic carbocycles. The van der Waals surface area contributed by atoms with E-state index in [0.29, 0.717) is 51.8 Å². The van der Waals surface area contributed by atoms with Crippen LogP contribution in [0.5, 0.6) is 5.75 Å². The molecule has 1 saturated carbocycles. The first-order valence-corrected chi connectivity index (χ1v) is 15.6. The molecule has 3 aromatic rings. The highest BCUT2D eigenvalue weighted by atomic mass is 16.5. The van der Waals surface area contributed by atoms with E-state index in [1.807, 2.05) is 84.9 Å². The number of carbonyl (C=O) groups excluding carboxylic acids is 3. The van der Waals surface area contributed by atoms with Crippen molar-refractivity contribution in [1.29, 1.82) is 0 Å². The van der Waals surface area contributed by atoms with Gasteiger partial charge in [0, 0.05) is 25.1 Å². The molecule has 230 valence electrons. The van der Waals surface area contributed by atoms with Crippen LogP contribution in [0.4, 0.5) is 0 Å². The first-order chi connectivity index (χ1) is 21.5. The second-order valence-electron chi connectivity index (χ2n) is 11.6. The van der Waals surface area contributed by atoms with Gasteiger partial charge in [0.05, 0.1) is 6.04 Å². The molecule has 2 atom stereocenters. The van der Waals surface area contributed by atoms with Gasteiger partial charge in [-0.2, -0.15) is 0 Å². The summed E-state index contributed by atoms with van der Waals surface area (Å²) in [5, 5.41) is 12.5. The van der Waals surface area contributed by atoms with Crippen molar-refractivity contribution in [3.05, 3.63) is 108 Å². The number of ether oxygens (including phenoxy) is 1. The number of fused-ring (bicyclic) bond motifs is 1. The molecule has 0 unspecified atom stereocenters. The third kappa shape index (κ3) is 8.35. The Labute approximate surface area is 259 Å². The van der Waals surface area contributed by atoms with Crippen LogP contribution in [0, 0.1) is 0 Å². The van der Waals surface area contributed by atoms with Gasteiger partial charge in [0.25, 0.3) is 0 Å². The molecule has 0 saturated heterocycles. The number of para-hydroxylation sites is 1. The molecule has 3 amide bonds. The van der Waals surface area contributed by atoms with Crippen LogP contribution in [0.25, 0.3) is 6.08 Å². The van der Waals surface area contributed by atoms with Gasteiger partial charge in [-0.1, -0.05) is 104 Å². The van der Waals surface area contributed by atoms with Gasteiger partial charge in [0.2, 0.25) is 17.7 Å². The molecule has 0 bridgehead atoms. The van der Waals surface area contributed by atoms with Gasteiger partial charge in [0.1, 0.15) is 23.9 Å². The van der Waals surface area contributed by atoms with E-state index < -0.39 is 17.6 Å². The van der Waals surface area contributed by atoms with E-state index in [9.17, 15) is 14.4 Å². The van der Waals surface area contributed by atoms with E-state index in [1.54, 1.807) is 0 Å². The highest BCUT2D eigenvalue weighted by Crippen LogP contribution is 2.30.